The van der Waals surface area contributed by atoms with E-state index in [0.717, 1.165) is 55.2 Å². The number of nitrogens with zero attached hydrogens (tertiary/aromatic N) is 6. The summed E-state index contributed by atoms with van der Waals surface area (Å²) in [7, 11) is 0. The zero-order valence-corrected chi connectivity index (χ0v) is 21.1. The summed E-state index contributed by atoms with van der Waals surface area (Å²) in [6, 6.07) is 3.06. The van der Waals surface area contributed by atoms with Gasteiger partial charge < -0.3 is 9.64 Å². The molecule has 0 amide bonds. The van der Waals surface area contributed by atoms with Crippen molar-refractivity contribution in [1.82, 2.24) is 24.7 Å². The van der Waals surface area contributed by atoms with Crippen LogP contribution in [0.3, 0.4) is 0 Å². The van der Waals surface area contributed by atoms with Crippen LogP contribution in [0.15, 0.2) is 30.6 Å². The number of rotatable bonds is 5. The van der Waals surface area contributed by atoms with Crippen molar-refractivity contribution in [3.63, 3.8) is 0 Å². The molecule has 2 aliphatic heterocycles. The second kappa shape index (κ2) is 8.98. The highest BCUT2D eigenvalue weighted by atomic mass is 32.1. The SMILES string of the molecule is Fc1cc(C(F)(F)F)ccc1-c1nc([C@@H]2CCO[C@@H](c3cnn(C4CC4)c3)C2)nc2nc(N3CCC3)sc12. The number of halogens is 4. The van der Waals surface area contributed by atoms with Crippen molar-refractivity contribution in [1.29, 1.82) is 0 Å². The second-order valence-electron chi connectivity index (χ2n) is 10.2. The van der Waals surface area contributed by atoms with E-state index in [1.54, 1.807) is 0 Å². The molecular weight excluding hydrogens is 520 g/mol. The molecule has 3 aromatic heterocycles. The lowest BCUT2D eigenvalue weighted by molar-refractivity contribution is -0.137. The standard InChI is InChI=1S/C26H24F4N6OS/c27-19-11-16(26(28,29)30)2-5-18(19)21-22-24(34-25(38-22)35-7-1-8-35)33-23(32-21)14-6-9-37-20(10-14)15-12-31-36(13-15)17-3-4-17/h2,5,11-14,17,20H,1,3-4,6-10H2/t14-,20-/m1/s1. The Kier molecular flexibility index (Phi) is 5.66. The van der Waals surface area contributed by atoms with E-state index >= 15 is 4.39 Å². The van der Waals surface area contributed by atoms with Gasteiger partial charge in [-0.15, -0.1) is 0 Å². The highest BCUT2D eigenvalue weighted by molar-refractivity contribution is 7.22. The number of anilines is 1. The third-order valence-corrected chi connectivity index (χ3v) is 8.61. The van der Waals surface area contributed by atoms with Crippen LogP contribution >= 0.6 is 11.3 Å². The number of fused-ring (bicyclic) bond motifs is 1. The predicted octanol–water partition coefficient (Wildman–Crippen LogP) is 6.29. The quantitative estimate of drug-likeness (QED) is 0.275. The molecule has 12 heteroatoms. The van der Waals surface area contributed by atoms with Crippen LogP contribution in [0, 0.1) is 5.82 Å². The van der Waals surface area contributed by atoms with Gasteiger partial charge in [-0.05, 0) is 50.3 Å². The van der Waals surface area contributed by atoms with E-state index in [4.69, 9.17) is 19.7 Å². The topological polar surface area (TPSA) is 69.0 Å². The summed E-state index contributed by atoms with van der Waals surface area (Å²) in [6.07, 6.45) is 3.73. The summed E-state index contributed by atoms with van der Waals surface area (Å²) in [5, 5.41) is 5.25. The lowest BCUT2D eigenvalue weighted by Crippen LogP contribution is -2.36. The first-order valence-electron chi connectivity index (χ1n) is 12.8. The Morgan fingerprint density at radius 2 is 1.89 bits per heavy atom. The van der Waals surface area contributed by atoms with Crippen molar-refractivity contribution in [2.24, 2.45) is 0 Å². The molecular formula is C26H24F4N6OS. The van der Waals surface area contributed by atoms with Crippen molar-refractivity contribution in [3.05, 3.63) is 53.4 Å². The van der Waals surface area contributed by atoms with Crippen molar-refractivity contribution in [3.8, 4) is 11.3 Å². The molecule has 0 bridgehead atoms. The van der Waals surface area contributed by atoms with Crippen LogP contribution in [0.4, 0.5) is 22.7 Å². The molecule has 0 unspecified atom stereocenters. The Balaban J connectivity index is 1.27. The minimum absolute atomic E-state index is 0.0137. The lowest BCUT2D eigenvalue weighted by Gasteiger charge is -2.30. The highest BCUT2D eigenvalue weighted by Gasteiger charge is 2.34. The lowest BCUT2D eigenvalue weighted by atomic mass is 9.92. The van der Waals surface area contributed by atoms with Crippen LogP contribution in [0.5, 0.6) is 0 Å². The fraction of sp³-hybridized carbons (Fsp3) is 0.462. The van der Waals surface area contributed by atoms with Gasteiger partial charge in [0.2, 0.25) is 0 Å². The molecule has 0 N–H and O–H groups in total. The predicted molar refractivity (Wildman–Crippen MR) is 134 cm³/mol. The van der Waals surface area contributed by atoms with E-state index in [9.17, 15) is 13.2 Å². The van der Waals surface area contributed by atoms with Crippen molar-refractivity contribution >= 4 is 26.8 Å². The Labute approximate surface area is 219 Å². The molecule has 4 aromatic rings. The Morgan fingerprint density at radius 1 is 1.05 bits per heavy atom. The fourth-order valence-electron chi connectivity index (χ4n) is 5.04. The van der Waals surface area contributed by atoms with E-state index < -0.39 is 17.6 Å². The number of hydrogen-bond acceptors (Lipinski definition) is 7. The minimum Gasteiger partial charge on any atom is -0.373 e. The first-order chi connectivity index (χ1) is 18.3. The summed E-state index contributed by atoms with van der Waals surface area (Å²) in [5.74, 6) is -0.537. The Hall–Kier alpha value is -3.12. The van der Waals surface area contributed by atoms with Gasteiger partial charge in [0, 0.05) is 42.9 Å². The molecule has 0 radical (unpaired) electrons. The maximum absolute atomic E-state index is 15.2. The molecule has 2 atom stereocenters. The van der Waals surface area contributed by atoms with Gasteiger partial charge in [0.05, 0.1) is 29.6 Å². The second-order valence-corrected chi connectivity index (χ2v) is 11.2. The maximum atomic E-state index is 15.2. The van der Waals surface area contributed by atoms with E-state index in [0.29, 0.717) is 47.7 Å². The van der Waals surface area contributed by atoms with Crippen LogP contribution < -0.4 is 4.90 Å². The van der Waals surface area contributed by atoms with Crippen LogP contribution in [0.1, 0.15) is 67.1 Å². The highest BCUT2D eigenvalue weighted by Crippen LogP contribution is 2.42. The largest absolute Gasteiger partial charge is 0.416 e. The van der Waals surface area contributed by atoms with Crippen LogP contribution in [-0.2, 0) is 10.9 Å². The van der Waals surface area contributed by atoms with Gasteiger partial charge in [-0.3, -0.25) is 4.68 Å². The fourth-order valence-corrected chi connectivity index (χ4v) is 6.10. The summed E-state index contributed by atoms with van der Waals surface area (Å²) >= 11 is 1.35. The van der Waals surface area contributed by atoms with E-state index in [2.05, 4.69) is 10.00 Å². The molecule has 7 nitrogen and oxygen atoms in total. The number of ether oxygens (including phenoxy) is 1. The van der Waals surface area contributed by atoms with Gasteiger partial charge in [-0.2, -0.15) is 23.3 Å². The Bertz CT molecular complexity index is 1510. The molecule has 38 heavy (non-hydrogen) atoms. The molecule has 0 spiro atoms. The van der Waals surface area contributed by atoms with Crippen LogP contribution in [0.25, 0.3) is 21.6 Å². The zero-order valence-electron chi connectivity index (χ0n) is 20.3. The molecule has 1 aromatic carbocycles. The van der Waals surface area contributed by atoms with Gasteiger partial charge >= 0.3 is 6.18 Å². The third-order valence-electron chi connectivity index (χ3n) is 7.50. The van der Waals surface area contributed by atoms with Gasteiger partial charge in [-0.1, -0.05) is 11.3 Å². The molecule has 1 aliphatic carbocycles. The molecule has 3 aliphatic rings. The number of thiazole rings is 1. The van der Waals surface area contributed by atoms with Crippen molar-refractivity contribution in [2.75, 3.05) is 24.6 Å². The van der Waals surface area contributed by atoms with Crippen molar-refractivity contribution < 1.29 is 22.3 Å². The van der Waals surface area contributed by atoms with E-state index in [1.807, 2.05) is 17.1 Å². The van der Waals surface area contributed by atoms with Crippen molar-refractivity contribution in [2.45, 2.75) is 56.3 Å². The molecule has 5 heterocycles. The summed E-state index contributed by atoms with van der Waals surface area (Å²) < 4.78 is 63.4. The van der Waals surface area contributed by atoms with Gasteiger partial charge in [0.15, 0.2) is 10.8 Å². The minimum atomic E-state index is -4.63. The number of benzene rings is 1. The molecule has 1 saturated carbocycles. The zero-order chi connectivity index (χ0) is 26.0. The first kappa shape index (κ1) is 24.0. The molecule has 198 valence electrons. The molecule has 7 rings (SSSR count). The number of hydrogen-bond donors (Lipinski definition) is 0. The summed E-state index contributed by atoms with van der Waals surface area (Å²) in [5.41, 5.74) is 0.713. The normalized spacial score (nSPS) is 22.2. The molecule has 2 saturated heterocycles. The third kappa shape index (κ3) is 4.33. The average molecular weight is 545 g/mol. The van der Waals surface area contributed by atoms with Gasteiger partial charge in [0.1, 0.15) is 16.3 Å². The van der Waals surface area contributed by atoms with Gasteiger partial charge in [0.25, 0.3) is 0 Å². The number of alkyl halides is 3. The van der Waals surface area contributed by atoms with Gasteiger partial charge in [-0.25, -0.2) is 14.4 Å². The van der Waals surface area contributed by atoms with E-state index in [-0.39, 0.29) is 23.3 Å². The van der Waals surface area contributed by atoms with Crippen LogP contribution in [0.2, 0.25) is 0 Å². The average Bonchev–Trinajstić information content (AvgIpc) is 3.43. The maximum Gasteiger partial charge on any atom is 0.416 e. The summed E-state index contributed by atoms with van der Waals surface area (Å²) in [6.45, 7) is 2.26. The summed E-state index contributed by atoms with van der Waals surface area (Å²) in [4.78, 5) is 16.4. The Morgan fingerprint density at radius 3 is 2.61 bits per heavy atom. The van der Waals surface area contributed by atoms with E-state index in [1.165, 1.54) is 11.3 Å². The molecule has 3 fully saturated rings. The smallest absolute Gasteiger partial charge is 0.373 e. The first-order valence-corrected chi connectivity index (χ1v) is 13.6. The monoisotopic (exact) mass is 544 g/mol. The number of aromatic nitrogens is 5. The van der Waals surface area contributed by atoms with Crippen LogP contribution in [-0.4, -0.2) is 44.4 Å².